The molecule has 2 aliphatic heterocycles. The minimum atomic E-state index is -2.15. The van der Waals surface area contributed by atoms with Gasteiger partial charge < -0.3 is 20.3 Å². The molecule has 2 aromatic rings. The summed E-state index contributed by atoms with van der Waals surface area (Å²) in [6.07, 6.45) is -0.788. The maximum atomic E-state index is 13.5. The van der Waals surface area contributed by atoms with Gasteiger partial charge in [-0.3, -0.25) is 14.5 Å². The van der Waals surface area contributed by atoms with Gasteiger partial charge in [0.05, 0.1) is 0 Å². The van der Waals surface area contributed by atoms with Gasteiger partial charge in [0.15, 0.2) is 6.10 Å². The number of amides is 1. The summed E-state index contributed by atoms with van der Waals surface area (Å²) in [5.74, 6) is -3.67. The van der Waals surface area contributed by atoms with Crippen LogP contribution < -0.4 is 5.73 Å². The molecule has 0 bridgehead atoms. The third-order valence-corrected chi connectivity index (χ3v) is 7.03. The second-order valence-electron chi connectivity index (χ2n) is 7.85. The van der Waals surface area contributed by atoms with Gasteiger partial charge >= 0.3 is 17.9 Å². The number of carboxylic acids is 1. The van der Waals surface area contributed by atoms with Crippen LogP contribution in [-0.4, -0.2) is 57.1 Å². The maximum Gasteiger partial charge on any atom is 0.356 e. The molecular weight excluding hydrogens is 460 g/mol. The lowest BCUT2D eigenvalue weighted by Crippen LogP contribution is -2.81. The standard InChI is InChI=1S/C24H22N2O7S/c1-14(27)32-12-17-13-34-22-24(25,23(30)31)21(29)26(22)18(17)20(28)33-19(15-8-4-2-5-9-15)16-10-6-3-7-11-16/h2-11,19,22H,12-13,25H2,1H3,(H,30,31)/t22-,24?/m1/s1. The fourth-order valence-corrected chi connectivity index (χ4v) is 5.27. The van der Waals surface area contributed by atoms with Crippen molar-refractivity contribution in [2.45, 2.75) is 23.9 Å². The van der Waals surface area contributed by atoms with E-state index < -0.39 is 40.8 Å². The quantitative estimate of drug-likeness (QED) is 0.344. The highest BCUT2D eigenvalue weighted by atomic mass is 32.2. The molecule has 34 heavy (non-hydrogen) atoms. The van der Waals surface area contributed by atoms with Crippen LogP contribution in [0.2, 0.25) is 0 Å². The Morgan fingerprint density at radius 1 is 1.12 bits per heavy atom. The Morgan fingerprint density at radius 3 is 2.18 bits per heavy atom. The Labute approximate surface area is 199 Å². The number of rotatable bonds is 7. The molecule has 1 saturated heterocycles. The van der Waals surface area contributed by atoms with Crippen LogP contribution in [0.4, 0.5) is 0 Å². The largest absolute Gasteiger partial charge is 0.479 e. The van der Waals surface area contributed by atoms with E-state index in [9.17, 15) is 24.3 Å². The van der Waals surface area contributed by atoms with Crippen LogP contribution in [0.25, 0.3) is 0 Å². The van der Waals surface area contributed by atoms with Crippen LogP contribution in [0, 0.1) is 0 Å². The number of carbonyl (C=O) groups excluding carboxylic acids is 3. The van der Waals surface area contributed by atoms with Crippen molar-refractivity contribution in [2.75, 3.05) is 12.4 Å². The van der Waals surface area contributed by atoms with E-state index in [1.807, 2.05) is 60.7 Å². The molecule has 2 aliphatic rings. The van der Waals surface area contributed by atoms with Crippen molar-refractivity contribution in [2.24, 2.45) is 5.73 Å². The Hall–Kier alpha value is -3.63. The molecule has 0 spiro atoms. The lowest BCUT2D eigenvalue weighted by Gasteiger charge is -2.53. The molecule has 2 heterocycles. The maximum absolute atomic E-state index is 13.5. The molecule has 1 amide bonds. The monoisotopic (exact) mass is 482 g/mol. The summed E-state index contributed by atoms with van der Waals surface area (Å²) >= 11 is 1.09. The first-order valence-electron chi connectivity index (χ1n) is 10.4. The smallest absolute Gasteiger partial charge is 0.356 e. The first kappa shape index (κ1) is 23.5. The van der Waals surface area contributed by atoms with E-state index in [-0.39, 0.29) is 18.1 Å². The topological polar surface area (TPSA) is 136 Å². The fraction of sp³-hybridized carbons (Fsp3) is 0.250. The molecule has 0 aliphatic carbocycles. The Bertz CT molecular complexity index is 1130. The predicted octanol–water partition coefficient (Wildman–Crippen LogP) is 1.83. The zero-order valence-corrected chi connectivity index (χ0v) is 19.0. The SMILES string of the molecule is CC(=O)OCC1=C(C(=O)OC(c2ccccc2)c2ccccc2)N2C(=O)C(N)(C(=O)O)[C@H]2SC1. The number of fused-ring (bicyclic) bond motifs is 1. The van der Waals surface area contributed by atoms with Gasteiger partial charge in [0.2, 0.25) is 5.54 Å². The van der Waals surface area contributed by atoms with E-state index in [2.05, 4.69) is 0 Å². The number of benzene rings is 2. The molecule has 2 atom stereocenters. The molecule has 9 nitrogen and oxygen atoms in total. The summed E-state index contributed by atoms with van der Waals surface area (Å²) in [4.78, 5) is 50.5. The van der Waals surface area contributed by atoms with Gasteiger partial charge in [-0.1, -0.05) is 60.7 Å². The Kier molecular flexibility index (Phi) is 6.45. The molecule has 4 rings (SSSR count). The summed E-state index contributed by atoms with van der Waals surface area (Å²) in [7, 11) is 0. The highest BCUT2D eigenvalue weighted by Gasteiger charge is 2.67. The Morgan fingerprint density at radius 2 is 1.68 bits per heavy atom. The fourth-order valence-electron chi connectivity index (χ4n) is 3.88. The molecule has 0 radical (unpaired) electrons. The molecule has 2 aromatic carbocycles. The van der Waals surface area contributed by atoms with E-state index in [0.717, 1.165) is 16.7 Å². The summed E-state index contributed by atoms with van der Waals surface area (Å²) in [5, 5.41) is 8.53. The van der Waals surface area contributed by atoms with E-state index in [0.29, 0.717) is 16.7 Å². The lowest BCUT2D eigenvalue weighted by molar-refractivity contribution is -0.168. The van der Waals surface area contributed by atoms with Crippen LogP contribution >= 0.6 is 11.8 Å². The van der Waals surface area contributed by atoms with Crippen LogP contribution in [0.1, 0.15) is 24.2 Å². The van der Waals surface area contributed by atoms with Gasteiger partial charge in [-0.25, -0.2) is 9.59 Å². The van der Waals surface area contributed by atoms with Gasteiger partial charge in [-0.05, 0) is 11.1 Å². The number of hydrogen-bond acceptors (Lipinski definition) is 8. The lowest BCUT2D eigenvalue weighted by atomic mass is 9.87. The van der Waals surface area contributed by atoms with Crippen molar-refractivity contribution in [3.8, 4) is 0 Å². The molecule has 10 heteroatoms. The van der Waals surface area contributed by atoms with Gasteiger partial charge in [-0.15, -0.1) is 11.8 Å². The van der Waals surface area contributed by atoms with Crippen LogP contribution in [0.5, 0.6) is 0 Å². The van der Waals surface area contributed by atoms with Gasteiger partial charge in [-0.2, -0.15) is 0 Å². The van der Waals surface area contributed by atoms with Crippen molar-refractivity contribution in [3.05, 3.63) is 83.1 Å². The minimum Gasteiger partial charge on any atom is -0.479 e. The number of ether oxygens (including phenoxy) is 2. The Balaban J connectivity index is 1.71. The number of nitrogens with two attached hydrogens (primary N) is 1. The van der Waals surface area contributed by atoms with Crippen molar-refractivity contribution < 1.29 is 33.8 Å². The van der Waals surface area contributed by atoms with E-state index in [1.54, 1.807) is 0 Å². The third kappa shape index (κ3) is 4.06. The summed E-state index contributed by atoms with van der Waals surface area (Å²) in [6.45, 7) is 0.984. The van der Waals surface area contributed by atoms with Crippen molar-refractivity contribution >= 4 is 35.6 Å². The molecule has 176 valence electrons. The van der Waals surface area contributed by atoms with E-state index in [4.69, 9.17) is 15.2 Å². The second kappa shape index (κ2) is 9.32. The molecule has 1 unspecified atom stereocenters. The molecular formula is C24H22N2O7S. The summed E-state index contributed by atoms with van der Waals surface area (Å²) < 4.78 is 11.0. The van der Waals surface area contributed by atoms with Gasteiger partial charge in [0, 0.05) is 18.2 Å². The first-order valence-corrected chi connectivity index (χ1v) is 11.4. The highest BCUT2D eigenvalue weighted by Crippen LogP contribution is 2.46. The van der Waals surface area contributed by atoms with E-state index >= 15 is 0 Å². The number of carbonyl (C=O) groups is 4. The highest BCUT2D eigenvalue weighted by molar-refractivity contribution is 8.00. The number of esters is 2. The summed E-state index contributed by atoms with van der Waals surface area (Å²) in [6, 6.07) is 18.2. The van der Waals surface area contributed by atoms with Crippen LogP contribution in [-0.2, 0) is 28.7 Å². The number of thioether (sulfide) groups is 1. The number of β-lactam (4-membered cyclic amide) rings is 1. The minimum absolute atomic E-state index is 0.139. The third-order valence-electron chi connectivity index (χ3n) is 5.61. The van der Waals surface area contributed by atoms with Crippen molar-refractivity contribution in [1.29, 1.82) is 0 Å². The van der Waals surface area contributed by atoms with Crippen LogP contribution in [0.15, 0.2) is 71.9 Å². The first-order chi connectivity index (χ1) is 16.2. The van der Waals surface area contributed by atoms with Gasteiger partial charge in [0.25, 0.3) is 5.91 Å². The average molecular weight is 483 g/mol. The molecule has 0 saturated carbocycles. The second-order valence-corrected chi connectivity index (χ2v) is 8.92. The van der Waals surface area contributed by atoms with Crippen molar-refractivity contribution in [1.82, 2.24) is 4.90 Å². The number of aliphatic carboxylic acids is 1. The molecule has 1 fully saturated rings. The van der Waals surface area contributed by atoms with E-state index in [1.165, 1.54) is 6.92 Å². The zero-order valence-electron chi connectivity index (χ0n) is 18.2. The normalized spacial score (nSPS) is 21.6. The number of hydrogen-bond donors (Lipinski definition) is 2. The van der Waals surface area contributed by atoms with Crippen molar-refractivity contribution in [3.63, 3.8) is 0 Å². The average Bonchev–Trinajstić information content (AvgIpc) is 2.85. The molecule has 0 aromatic heterocycles. The zero-order chi connectivity index (χ0) is 24.5. The molecule has 3 N–H and O–H groups in total. The number of carboxylic acid groups (broad SMARTS) is 1. The summed E-state index contributed by atoms with van der Waals surface area (Å²) in [5.41, 5.74) is 5.34. The predicted molar refractivity (Wildman–Crippen MR) is 122 cm³/mol. The van der Waals surface area contributed by atoms with Gasteiger partial charge in [0.1, 0.15) is 17.7 Å². The number of nitrogens with zero attached hydrogens (tertiary/aromatic N) is 1. The van der Waals surface area contributed by atoms with Crippen LogP contribution in [0.3, 0.4) is 0 Å².